The van der Waals surface area contributed by atoms with E-state index in [2.05, 4.69) is 10.2 Å². The lowest BCUT2D eigenvalue weighted by Gasteiger charge is -2.22. The molecule has 17 heavy (non-hydrogen) atoms. The van der Waals surface area contributed by atoms with Gasteiger partial charge in [-0.3, -0.25) is 0 Å². The van der Waals surface area contributed by atoms with Crippen LogP contribution in [0.1, 0.15) is 20.8 Å². The van der Waals surface area contributed by atoms with Gasteiger partial charge in [-0.2, -0.15) is 0 Å². The van der Waals surface area contributed by atoms with Crippen LogP contribution in [0.3, 0.4) is 0 Å². The Labute approximate surface area is 105 Å². The fraction of sp³-hybridized carbons (Fsp3) is 1.00. The summed E-state index contributed by atoms with van der Waals surface area (Å²) in [5.41, 5.74) is 0. The van der Waals surface area contributed by atoms with Gasteiger partial charge in [-0.1, -0.05) is 0 Å². The first kappa shape index (κ1) is 13.3. The van der Waals surface area contributed by atoms with Crippen LogP contribution in [0.15, 0.2) is 0 Å². The van der Waals surface area contributed by atoms with E-state index in [0.29, 0.717) is 12.3 Å². The van der Waals surface area contributed by atoms with Crippen LogP contribution < -0.4 is 5.32 Å². The number of rotatable bonds is 3. The lowest BCUT2D eigenvalue weighted by molar-refractivity contribution is 0.330. The minimum absolute atomic E-state index is 0.295. The van der Waals surface area contributed by atoms with Crippen LogP contribution in [0.25, 0.3) is 0 Å². The maximum Gasteiger partial charge on any atom is 0.156 e. The van der Waals surface area contributed by atoms with Gasteiger partial charge in [0.05, 0.1) is 10.5 Å². The number of sulfone groups is 1. The maximum absolute atomic E-state index is 12.0. The summed E-state index contributed by atoms with van der Waals surface area (Å²) in [7, 11) is -2.97. The average molecular weight is 260 g/mol. The van der Waals surface area contributed by atoms with Gasteiger partial charge in [-0.25, -0.2) is 8.42 Å². The van der Waals surface area contributed by atoms with Gasteiger partial charge >= 0.3 is 0 Å². The molecule has 2 aliphatic rings. The Hall–Kier alpha value is -0.130. The molecule has 2 rings (SSSR count). The minimum atomic E-state index is -2.97. The Bertz CT molecular complexity index is 360. The number of hydrogen-bond acceptors (Lipinski definition) is 4. The Morgan fingerprint density at radius 1 is 1.18 bits per heavy atom. The molecule has 4 nitrogen and oxygen atoms in total. The van der Waals surface area contributed by atoms with Gasteiger partial charge in [0.2, 0.25) is 0 Å². The van der Waals surface area contributed by atoms with Gasteiger partial charge in [0.25, 0.3) is 0 Å². The molecule has 0 amide bonds. The molecule has 100 valence electrons. The summed E-state index contributed by atoms with van der Waals surface area (Å²) in [4.78, 5) is 2.32. The van der Waals surface area contributed by atoms with Crippen LogP contribution in [-0.4, -0.2) is 56.5 Å². The van der Waals surface area contributed by atoms with Crippen molar-refractivity contribution in [3.8, 4) is 0 Å². The second-order valence-electron chi connectivity index (χ2n) is 6.37. The van der Waals surface area contributed by atoms with E-state index in [0.717, 1.165) is 38.0 Å². The number of nitrogens with one attached hydrogen (secondary N) is 1. The van der Waals surface area contributed by atoms with Crippen LogP contribution in [0.4, 0.5) is 0 Å². The van der Waals surface area contributed by atoms with Crippen molar-refractivity contribution in [2.24, 2.45) is 11.8 Å². The molecule has 0 radical (unpaired) electrons. The van der Waals surface area contributed by atoms with Crippen molar-refractivity contribution < 1.29 is 8.42 Å². The normalized spacial score (nSPS) is 30.8. The molecule has 2 heterocycles. The van der Waals surface area contributed by atoms with Crippen LogP contribution >= 0.6 is 0 Å². The summed E-state index contributed by atoms with van der Waals surface area (Å²) in [5.74, 6) is 1.78. The predicted molar refractivity (Wildman–Crippen MR) is 69.8 cm³/mol. The topological polar surface area (TPSA) is 49.4 Å². The summed E-state index contributed by atoms with van der Waals surface area (Å²) >= 11 is 0. The minimum Gasteiger partial charge on any atom is -0.316 e. The van der Waals surface area contributed by atoms with Gasteiger partial charge in [-0.15, -0.1) is 0 Å². The summed E-state index contributed by atoms with van der Waals surface area (Å²) < 4.78 is 23.4. The lowest BCUT2D eigenvalue weighted by atomic mass is 10.0. The Kier molecular flexibility index (Phi) is 3.54. The fourth-order valence-electron chi connectivity index (χ4n) is 2.69. The first-order valence-electron chi connectivity index (χ1n) is 6.45. The van der Waals surface area contributed by atoms with Gasteiger partial charge < -0.3 is 10.2 Å². The highest BCUT2D eigenvalue weighted by molar-refractivity contribution is 7.92. The quantitative estimate of drug-likeness (QED) is 0.795. The van der Waals surface area contributed by atoms with E-state index in [9.17, 15) is 8.42 Å². The maximum atomic E-state index is 12.0. The predicted octanol–water partition coefficient (Wildman–Crippen LogP) is 0.351. The first-order valence-corrected chi connectivity index (χ1v) is 8.10. The third-order valence-corrected chi connectivity index (χ3v) is 6.66. The number of fused-ring (bicyclic) bond motifs is 1. The zero-order valence-corrected chi connectivity index (χ0v) is 11.9. The van der Waals surface area contributed by atoms with E-state index in [1.807, 2.05) is 0 Å². The molecule has 0 spiro atoms. The zero-order valence-electron chi connectivity index (χ0n) is 11.1. The summed E-state index contributed by atoms with van der Waals surface area (Å²) in [6, 6.07) is 0. The van der Waals surface area contributed by atoms with Crippen molar-refractivity contribution in [1.29, 1.82) is 0 Å². The molecule has 0 bridgehead atoms. The second-order valence-corrected chi connectivity index (χ2v) is 9.23. The monoisotopic (exact) mass is 260 g/mol. The molecule has 2 aliphatic heterocycles. The molecule has 0 aromatic carbocycles. The van der Waals surface area contributed by atoms with Crippen LogP contribution in [0.2, 0.25) is 0 Å². The number of hydrogen-bond donors (Lipinski definition) is 1. The molecule has 5 heteroatoms. The van der Waals surface area contributed by atoms with E-state index < -0.39 is 14.6 Å². The van der Waals surface area contributed by atoms with Gasteiger partial charge in [0.1, 0.15) is 0 Å². The van der Waals surface area contributed by atoms with Crippen molar-refractivity contribution in [2.75, 3.05) is 38.5 Å². The summed E-state index contributed by atoms with van der Waals surface area (Å²) in [5, 5.41) is 3.40. The lowest BCUT2D eigenvalue weighted by Crippen LogP contribution is -2.36. The van der Waals surface area contributed by atoms with Gasteiger partial charge in [0, 0.05) is 19.6 Å². The summed E-state index contributed by atoms with van der Waals surface area (Å²) in [6.45, 7) is 10.4. The van der Waals surface area contributed by atoms with Crippen molar-refractivity contribution in [1.82, 2.24) is 10.2 Å². The Morgan fingerprint density at radius 3 is 2.18 bits per heavy atom. The van der Waals surface area contributed by atoms with Crippen LogP contribution in [0, 0.1) is 11.8 Å². The highest BCUT2D eigenvalue weighted by atomic mass is 32.2. The molecule has 2 saturated heterocycles. The van der Waals surface area contributed by atoms with Crippen LogP contribution in [-0.2, 0) is 9.84 Å². The Balaban J connectivity index is 1.84. The molecule has 0 aromatic heterocycles. The van der Waals surface area contributed by atoms with Crippen molar-refractivity contribution in [3.63, 3.8) is 0 Å². The van der Waals surface area contributed by atoms with Crippen LogP contribution in [0.5, 0.6) is 0 Å². The first-order chi connectivity index (χ1) is 7.79. The second kappa shape index (κ2) is 4.52. The number of likely N-dealkylation sites (tertiary alicyclic amines) is 1. The van der Waals surface area contributed by atoms with E-state index in [1.165, 1.54) is 0 Å². The Morgan fingerprint density at radius 2 is 1.71 bits per heavy atom. The van der Waals surface area contributed by atoms with Gasteiger partial charge in [-0.05, 0) is 45.7 Å². The molecule has 1 N–H and O–H groups in total. The zero-order chi connectivity index (χ0) is 12.7. The number of nitrogens with zero attached hydrogens (tertiary/aromatic N) is 1. The van der Waals surface area contributed by atoms with E-state index in [4.69, 9.17) is 0 Å². The summed E-state index contributed by atoms with van der Waals surface area (Å²) in [6.07, 6.45) is 0. The molecular formula is C12H24N2O2S. The SMILES string of the molecule is CC(C)(C)S(=O)(=O)CCN1CC2CNCC2C1. The average Bonchev–Trinajstić information content (AvgIpc) is 2.71. The molecule has 0 aliphatic carbocycles. The third kappa shape index (κ3) is 2.83. The highest BCUT2D eigenvalue weighted by Crippen LogP contribution is 2.26. The molecule has 2 fully saturated rings. The molecular weight excluding hydrogens is 236 g/mol. The van der Waals surface area contributed by atoms with Crippen molar-refractivity contribution in [2.45, 2.75) is 25.5 Å². The third-order valence-electron chi connectivity index (χ3n) is 4.07. The fourth-order valence-corrected chi connectivity index (χ4v) is 3.80. The van der Waals surface area contributed by atoms with Crippen molar-refractivity contribution in [3.05, 3.63) is 0 Å². The highest BCUT2D eigenvalue weighted by Gasteiger charge is 2.37. The molecule has 2 atom stereocenters. The van der Waals surface area contributed by atoms with E-state index >= 15 is 0 Å². The van der Waals surface area contributed by atoms with Gasteiger partial charge in [0.15, 0.2) is 9.84 Å². The smallest absolute Gasteiger partial charge is 0.156 e. The standard InChI is InChI=1S/C12H24N2O2S/c1-12(2,3)17(15,16)5-4-14-8-10-6-13-7-11(10)9-14/h10-11,13H,4-9H2,1-3H3. The molecule has 0 saturated carbocycles. The molecule has 0 aromatic rings. The van der Waals surface area contributed by atoms with E-state index in [-0.39, 0.29) is 0 Å². The largest absolute Gasteiger partial charge is 0.316 e. The van der Waals surface area contributed by atoms with Crippen molar-refractivity contribution >= 4 is 9.84 Å². The van der Waals surface area contributed by atoms with E-state index in [1.54, 1.807) is 20.8 Å². The molecule has 2 unspecified atom stereocenters.